The first-order valence-electron chi connectivity index (χ1n) is 12.0. The summed E-state index contributed by atoms with van der Waals surface area (Å²) >= 11 is 0.671. The molecular formula is C27H25F2N7O3S. The molecule has 3 aromatic rings. The number of thioether (sulfide) groups is 1. The Hall–Kier alpha value is -4.57. The average Bonchev–Trinajstić information content (AvgIpc) is 3.75. The molecule has 0 aromatic carbocycles. The molecule has 0 saturated heterocycles. The molecule has 1 aliphatic carbocycles. The molecule has 3 N–H and O–H groups in total. The van der Waals surface area contributed by atoms with E-state index >= 15 is 0 Å². The van der Waals surface area contributed by atoms with Crippen LogP contribution in [0.4, 0.5) is 14.5 Å². The van der Waals surface area contributed by atoms with E-state index in [2.05, 4.69) is 27.1 Å². The van der Waals surface area contributed by atoms with Crippen LogP contribution in [0.1, 0.15) is 35.3 Å². The van der Waals surface area contributed by atoms with E-state index in [4.69, 9.17) is 15.6 Å². The SMILES string of the molecule is COc1cnc(C(F)F)cc1-c1cc(-n2ccc(N(C)C)cc2=O)ncc1C(=O)NC(=N)SC(=N)C#CC1CC1. The predicted molar refractivity (Wildman–Crippen MR) is 150 cm³/mol. The number of alkyl halides is 2. The Balaban J connectivity index is 1.76. The fraction of sp³-hybridized carbons (Fsp3) is 0.259. The van der Waals surface area contributed by atoms with Gasteiger partial charge < -0.3 is 15.0 Å². The number of pyridine rings is 3. The third-order valence-electron chi connectivity index (χ3n) is 5.82. The van der Waals surface area contributed by atoms with Crippen molar-refractivity contribution in [3.05, 3.63) is 64.5 Å². The largest absolute Gasteiger partial charge is 0.494 e. The van der Waals surface area contributed by atoms with Crippen LogP contribution >= 0.6 is 11.8 Å². The molecule has 0 bridgehead atoms. The number of amides is 1. The van der Waals surface area contributed by atoms with Crippen molar-refractivity contribution in [3.8, 4) is 34.5 Å². The van der Waals surface area contributed by atoms with E-state index < -0.39 is 23.6 Å². The van der Waals surface area contributed by atoms with Gasteiger partial charge in [-0.1, -0.05) is 5.92 Å². The van der Waals surface area contributed by atoms with Crippen molar-refractivity contribution in [2.24, 2.45) is 5.92 Å². The zero-order valence-electron chi connectivity index (χ0n) is 21.8. The monoisotopic (exact) mass is 565 g/mol. The van der Waals surface area contributed by atoms with E-state index in [0.717, 1.165) is 25.1 Å². The quantitative estimate of drug-likeness (QED) is 0.233. The number of anilines is 1. The fourth-order valence-electron chi connectivity index (χ4n) is 3.59. The van der Waals surface area contributed by atoms with Crippen molar-refractivity contribution in [2.75, 3.05) is 26.1 Å². The van der Waals surface area contributed by atoms with Crippen LogP contribution in [0.15, 0.2) is 47.7 Å². The Morgan fingerprint density at radius 2 is 1.95 bits per heavy atom. The van der Waals surface area contributed by atoms with Crippen LogP contribution in [-0.4, -0.2) is 51.9 Å². The van der Waals surface area contributed by atoms with Gasteiger partial charge in [-0.05, 0) is 48.7 Å². The lowest BCUT2D eigenvalue weighted by molar-refractivity contribution is 0.0978. The van der Waals surface area contributed by atoms with Gasteiger partial charge in [-0.3, -0.25) is 30.0 Å². The Morgan fingerprint density at radius 1 is 1.20 bits per heavy atom. The normalized spacial score (nSPS) is 12.3. The maximum Gasteiger partial charge on any atom is 0.280 e. The van der Waals surface area contributed by atoms with Gasteiger partial charge in [0.25, 0.3) is 17.9 Å². The van der Waals surface area contributed by atoms with Gasteiger partial charge in [0.05, 0.1) is 18.9 Å². The van der Waals surface area contributed by atoms with E-state index in [9.17, 15) is 18.4 Å². The van der Waals surface area contributed by atoms with Gasteiger partial charge in [0.15, 0.2) is 5.17 Å². The van der Waals surface area contributed by atoms with E-state index in [1.165, 1.54) is 36.2 Å². The predicted octanol–water partition coefficient (Wildman–Crippen LogP) is 4.10. The molecule has 206 valence electrons. The summed E-state index contributed by atoms with van der Waals surface area (Å²) in [6.07, 6.45) is 2.90. The first kappa shape index (κ1) is 28.4. The summed E-state index contributed by atoms with van der Waals surface area (Å²) in [5.74, 6) is 5.30. The second-order valence-electron chi connectivity index (χ2n) is 8.94. The number of ether oxygens (including phenoxy) is 1. The lowest BCUT2D eigenvalue weighted by atomic mass is 10.00. The van der Waals surface area contributed by atoms with Crippen molar-refractivity contribution in [3.63, 3.8) is 0 Å². The molecule has 4 rings (SSSR count). The minimum absolute atomic E-state index is 0.0765. The summed E-state index contributed by atoms with van der Waals surface area (Å²) in [5.41, 5.74) is -0.124. The molecule has 10 nitrogen and oxygen atoms in total. The van der Waals surface area contributed by atoms with Gasteiger partial charge in [0.2, 0.25) is 0 Å². The third-order valence-corrected chi connectivity index (χ3v) is 6.43. The fourth-order valence-corrected chi connectivity index (χ4v) is 4.04. The summed E-state index contributed by atoms with van der Waals surface area (Å²) in [6, 6.07) is 5.60. The van der Waals surface area contributed by atoms with Gasteiger partial charge in [0, 0.05) is 55.3 Å². The van der Waals surface area contributed by atoms with Crippen molar-refractivity contribution in [1.29, 1.82) is 10.8 Å². The van der Waals surface area contributed by atoms with Crippen LogP contribution in [0, 0.1) is 28.6 Å². The molecule has 1 fully saturated rings. The number of methoxy groups -OCH3 is 1. The highest BCUT2D eigenvalue weighted by atomic mass is 32.2. The van der Waals surface area contributed by atoms with Crippen molar-refractivity contribution < 1.29 is 18.3 Å². The number of carbonyl (C=O) groups is 1. The summed E-state index contributed by atoms with van der Waals surface area (Å²) in [6.45, 7) is 0. The molecule has 1 amide bonds. The highest BCUT2D eigenvalue weighted by molar-refractivity contribution is 8.26. The van der Waals surface area contributed by atoms with Gasteiger partial charge in [-0.25, -0.2) is 13.8 Å². The van der Waals surface area contributed by atoms with Gasteiger partial charge in [-0.15, -0.1) is 0 Å². The third kappa shape index (κ3) is 6.70. The maximum absolute atomic E-state index is 13.6. The highest BCUT2D eigenvalue weighted by Gasteiger charge is 2.22. The number of aromatic nitrogens is 3. The summed E-state index contributed by atoms with van der Waals surface area (Å²) in [4.78, 5) is 35.9. The lowest BCUT2D eigenvalue weighted by Gasteiger charge is -2.16. The van der Waals surface area contributed by atoms with Crippen molar-refractivity contribution in [1.82, 2.24) is 19.9 Å². The van der Waals surface area contributed by atoms with Gasteiger partial charge in [-0.2, -0.15) is 0 Å². The second kappa shape index (κ2) is 12.1. The van der Waals surface area contributed by atoms with E-state index in [1.807, 2.05) is 0 Å². The number of hydrogen-bond acceptors (Lipinski definition) is 9. The molecule has 0 spiro atoms. The topological polar surface area (TPSA) is 137 Å². The van der Waals surface area contributed by atoms with E-state index in [-0.39, 0.29) is 44.4 Å². The minimum Gasteiger partial charge on any atom is -0.494 e. The average molecular weight is 566 g/mol. The Bertz CT molecular complexity index is 1610. The molecule has 0 aliphatic heterocycles. The van der Waals surface area contributed by atoms with E-state index in [1.54, 1.807) is 25.1 Å². The van der Waals surface area contributed by atoms with Gasteiger partial charge >= 0.3 is 0 Å². The number of carbonyl (C=O) groups excluding carboxylic acids is 1. The van der Waals surface area contributed by atoms with Crippen LogP contribution in [0.3, 0.4) is 0 Å². The summed E-state index contributed by atoms with van der Waals surface area (Å²) in [7, 11) is 4.90. The highest BCUT2D eigenvalue weighted by Crippen LogP contribution is 2.35. The maximum atomic E-state index is 13.6. The number of halogens is 2. The van der Waals surface area contributed by atoms with Crippen LogP contribution in [0.2, 0.25) is 0 Å². The molecule has 13 heteroatoms. The standard InChI is InChI=1S/C27H25F2N7O3S/c1-35(2)16-8-9-36(24(37)10-16)23-12-17(18-11-20(25(28)29)32-14-21(18)39-3)19(13-33-23)26(38)34-27(31)40-22(30)7-6-15-4-5-15/h8-15,25,30H,4-5H2,1-3H3,(H2,31,34,38). The molecule has 1 aliphatic rings. The first-order valence-corrected chi connectivity index (χ1v) is 12.8. The second-order valence-corrected chi connectivity index (χ2v) is 9.96. The Kier molecular flexibility index (Phi) is 8.59. The number of nitrogens with zero attached hydrogens (tertiary/aromatic N) is 4. The smallest absolute Gasteiger partial charge is 0.280 e. The summed E-state index contributed by atoms with van der Waals surface area (Å²) < 4.78 is 33.7. The minimum atomic E-state index is -2.89. The van der Waals surface area contributed by atoms with Crippen molar-refractivity contribution >= 4 is 33.6 Å². The number of rotatable bonds is 6. The molecule has 40 heavy (non-hydrogen) atoms. The van der Waals surface area contributed by atoms with Crippen LogP contribution in [0.25, 0.3) is 16.9 Å². The van der Waals surface area contributed by atoms with Crippen LogP contribution in [-0.2, 0) is 0 Å². The molecule has 0 radical (unpaired) electrons. The zero-order chi connectivity index (χ0) is 29.0. The molecule has 1 saturated carbocycles. The number of amidine groups is 1. The summed E-state index contributed by atoms with van der Waals surface area (Å²) in [5, 5.41) is 18.0. The number of hydrogen-bond donors (Lipinski definition) is 3. The van der Waals surface area contributed by atoms with Crippen LogP contribution in [0.5, 0.6) is 5.75 Å². The first-order chi connectivity index (χ1) is 19.1. The number of nitrogens with one attached hydrogen (secondary N) is 3. The molecule has 0 atom stereocenters. The van der Waals surface area contributed by atoms with Gasteiger partial charge in [0.1, 0.15) is 22.3 Å². The zero-order valence-corrected chi connectivity index (χ0v) is 22.6. The molecule has 0 unspecified atom stereocenters. The molecule has 3 aromatic heterocycles. The lowest BCUT2D eigenvalue weighted by Crippen LogP contribution is -2.29. The Morgan fingerprint density at radius 3 is 2.58 bits per heavy atom. The van der Waals surface area contributed by atoms with Crippen LogP contribution < -0.4 is 20.5 Å². The molecule has 3 heterocycles. The van der Waals surface area contributed by atoms with E-state index in [0.29, 0.717) is 17.4 Å². The Labute approximate surface area is 232 Å². The molecular weight excluding hydrogens is 540 g/mol. The van der Waals surface area contributed by atoms with Crippen molar-refractivity contribution in [2.45, 2.75) is 19.3 Å².